The number of hydrogen-bond donors (Lipinski definition) is 2. The number of aliphatic imine (C=N–C) groups is 1. The zero-order valence-electron chi connectivity index (χ0n) is 11.4. The van der Waals surface area contributed by atoms with Crippen molar-refractivity contribution in [2.45, 2.75) is 44.3 Å². The predicted octanol–water partition coefficient (Wildman–Crippen LogP) is 4.01. The summed E-state index contributed by atoms with van der Waals surface area (Å²) in [5, 5.41) is 0. The first kappa shape index (κ1) is 16.3. The van der Waals surface area contributed by atoms with E-state index in [1.165, 1.54) is 12.5 Å². The largest absolute Gasteiger partial charge is 0.417 e. The van der Waals surface area contributed by atoms with E-state index in [1.54, 1.807) is 6.07 Å². The lowest BCUT2D eigenvalue weighted by Crippen LogP contribution is -2.33. The van der Waals surface area contributed by atoms with Gasteiger partial charge in [-0.25, -0.2) is 5.84 Å². The van der Waals surface area contributed by atoms with Crippen LogP contribution in [-0.2, 0) is 6.18 Å². The first-order valence-corrected chi connectivity index (χ1v) is 7.62. The summed E-state index contributed by atoms with van der Waals surface area (Å²) in [6, 6.07) is 4.13. The van der Waals surface area contributed by atoms with Crippen molar-refractivity contribution in [1.82, 2.24) is 5.43 Å². The lowest BCUT2D eigenvalue weighted by atomic mass is 9.96. The van der Waals surface area contributed by atoms with E-state index in [0.717, 1.165) is 31.7 Å². The van der Waals surface area contributed by atoms with E-state index in [9.17, 15) is 13.2 Å². The van der Waals surface area contributed by atoms with Gasteiger partial charge in [-0.3, -0.25) is 4.99 Å². The molecule has 116 valence electrons. The Kier molecular flexibility index (Phi) is 5.27. The van der Waals surface area contributed by atoms with Gasteiger partial charge in [0, 0.05) is 10.0 Å². The van der Waals surface area contributed by atoms with Crippen molar-refractivity contribution < 1.29 is 13.2 Å². The number of hydrogen-bond acceptors (Lipinski definition) is 2. The van der Waals surface area contributed by atoms with Crippen LogP contribution in [0.25, 0.3) is 0 Å². The molecule has 21 heavy (non-hydrogen) atoms. The molecule has 0 aromatic heterocycles. The van der Waals surface area contributed by atoms with E-state index >= 15 is 0 Å². The summed E-state index contributed by atoms with van der Waals surface area (Å²) < 4.78 is 38.8. The van der Waals surface area contributed by atoms with Gasteiger partial charge in [0.15, 0.2) is 0 Å². The maximum Gasteiger partial charge on any atom is 0.417 e. The van der Waals surface area contributed by atoms with E-state index in [-0.39, 0.29) is 10.5 Å². The fraction of sp³-hybridized carbons (Fsp3) is 0.500. The number of nitrogens with one attached hydrogen (secondary N) is 1. The summed E-state index contributed by atoms with van der Waals surface area (Å²) in [6.07, 6.45) is 0.870. The second-order valence-corrected chi connectivity index (χ2v) is 5.96. The van der Waals surface area contributed by atoms with Crippen molar-refractivity contribution in [2.75, 3.05) is 0 Å². The highest BCUT2D eigenvalue weighted by molar-refractivity contribution is 9.10. The number of halogens is 4. The van der Waals surface area contributed by atoms with E-state index in [2.05, 4.69) is 26.3 Å². The molecule has 0 saturated heterocycles. The van der Waals surface area contributed by atoms with Gasteiger partial charge < -0.3 is 5.43 Å². The van der Waals surface area contributed by atoms with Crippen LogP contribution >= 0.6 is 15.9 Å². The Labute approximate surface area is 129 Å². The quantitative estimate of drug-likeness (QED) is 0.361. The van der Waals surface area contributed by atoms with Gasteiger partial charge in [-0.2, -0.15) is 13.2 Å². The van der Waals surface area contributed by atoms with Crippen molar-refractivity contribution in [3.05, 3.63) is 33.8 Å². The summed E-state index contributed by atoms with van der Waals surface area (Å²) in [4.78, 5) is 4.47. The molecule has 1 aromatic rings. The third-order valence-electron chi connectivity index (χ3n) is 3.57. The summed E-state index contributed by atoms with van der Waals surface area (Å²) in [5.41, 5.74) is 2.05. The topological polar surface area (TPSA) is 50.4 Å². The molecule has 1 aliphatic carbocycles. The molecule has 1 aliphatic rings. The van der Waals surface area contributed by atoms with Crippen LogP contribution in [0.15, 0.2) is 27.7 Å². The van der Waals surface area contributed by atoms with Gasteiger partial charge in [0.1, 0.15) is 5.84 Å². The number of nitrogens with two attached hydrogens (primary N) is 1. The van der Waals surface area contributed by atoms with Crippen LogP contribution in [0.4, 0.5) is 13.2 Å². The second-order valence-electron chi connectivity index (χ2n) is 5.11. The number of benzene rings is 1. The lowest BCUT2D eigenvalue weighted by molar-refractivity contribution is -0.138. The maximum atomic E-state index is 12.9. The van der Waals surface area contributed by atoms with Crippen LogP contribution in [0.1, 0.15) is 43.2 Å². The average Bonchev–Trinajstić information content (AvgIpc) is 2.45. The normalized spacial score (nSPS) is 17.9. The van der Waals surface area contributed by atoms with Crippen LogP contribution in [0.3, 0.4) is 0 Å². The molecule has 0 atom stereocenters. The molecule has 0 spiro atoms. The van der Waals surface area contributed by atoms with Gasteiger partial charge in [0.05, 0.1) is 11.6 Å². The molecule has 0 bridgehead atoms. The van der Waals surface area contributed by atoms with Crippen molar-refractivity contribution in [3.8, 4) is 0 Å². The molecular formula is C14H17BrF3N3. The molecule has 0 amide bonds. The standard InChI is InChI=1S/C14H17BrF3N3/c15-12-7-6-9(8-11(12)14(16,17)18)13(21-19)20-10-4-2-1-3-5-10/h6-8,10H,1-5,19H2,(H,20,21). The third kappa shape index (κ3) is 4.20. The maximum absolute atomic E-state index is 12.9. The van der Waals surface area contributed by atoms with Crippen molar-refractivity contribution in [1.29, 1.82) is 0 Å². The second kappa shape index (κ2) is 6.79. The highest BCUT2D eigenvalue weighted by atomic mass is 79.9. The Morgan fingerprint density at radius 2 is 1.90 bits per heavy atom. The smallest absolute Gasteiger partial charge is 0.308 e. The summed E-state index contributed by atoms with van der Waals surface area (Å²) >= 11 is 2.92. The molecule has 2 rings (SSSR count). The number of alkyl halides is 3. The van der Waals surface area contributed by atoms with Crippen molar-refractivity contribution >= 4 is 21.8 Å². The minimum atomic E-state index is -4.42. The van der Waals surface area contributed by atoms with Gasteiger partial charge in [0.25, 0.3) is 0 Å². The highest BCUT2D eigenvalue weighted by Crippen LogP contribution is 2.35. The van der Waals surface area contributed by atoms with Gasteiger partial charge in [-0.05, 0) is 25.0 Å². The fourth-order valence-corrected chi connectivity index (χ4v) is 2.95. The lowest BCUT2D eigenvalue weighted by Gasteiger charge is -2.19. The first-order valence-electron chi connectivity index (χ1n) is 6.83. The molecule has 1 aromatic carbocycles. The molecule has 1 fully saturated rings. The van der Waals surface area contributed by atoms with E-state index in [1.807, 2.05) is 0 Å². The molecule has 1 saturated carbocycles. The summed E-state index contributed by atoms with van der Waals surface area (Å²) in [5.74, 6) is 5.75. The molecule has 0 heterocycles. The van der Waals surface area contributed by atoms with Crippen LogP contribution < -0.4 is 11.3 Å². The van der Waals surface area contributed by atoms with E-state index in [4.69, 9.17) is 5.84 Å². The number of nitrogens with zero attached hydrogens (tertiary/aromatic N) is 1. The average molecular weight is 364 g/mol. The number of rotatable bonds is 2. The predicted molar refractivity (Wildman–Crippen MR) is 79.9 cm³/mol. The number of amidine groups is 1. The van der Waals surface area contributed by atoms with E-state index in [0.29, 0.717) is 11.4 Å². The van der Waals surface area contributed by atoms with Gasteiger partial charge >= 0.3 is 6.18 Å². The van der Waals surface area contributed by atoms with Gasteiger partial charge in [0.2, 0.25) is 0 Å². The Morgan fingerprint density at radius 3 is 2.48 bits per heavy atom. The molecule has 3 nitrogen and oxygen atoms in total. The molecule has 0 unspecified atom stereocenters. The Hall–Kier alpha value is -1.08. The van der Waals surface area contributed by atoms with Crippen LogP contribution in [0.2, 0.25) is 0 Å². The molecule has 0 aliphatic heterocycles. The van der Waals surface area contributed by atoms with Crippen molar-refractivity contribution in [2.24, 2.45) is 10.8 Å². The summed E-state index contributed by atoms with van der Waals surface area (Å²) in [7, 11) is 0. The molecule has 0 radical (unpaired) electrons. The zero-order chi connectivity index (χ0) is 15.5. The zero-order valence-corrected chi connectivity index (χ0v) is 13.0. The number of hydrazine groups is 1. The van der Waals surface area contributed by atoms with Crippen LogP contribution in [0.5, 0.6) is 0 Å². The SMILES string of the molecule is NNC(=NC1CCCCC1)c1ccc(Br)c(C(F)(F)F)c1. The van der Waals surface area contributed by atoms with Gasteiger partial charge in [-0.1, -0.05) is 41.3 Å². The first-order chi connectivity index (χ1) is 9.91. The molecule has 3 N–H and O–H groups in total. The Bertz CT molecular complexity index is 523. The summed E-state index contributed by atoms with van der Waals surface area (Å²) in [6.45, 7) is 0. The molecule has 7 heteroatoms. The highest BCUT2D eigenvalue weighted by Gasteiger charge is 2.33. The molecular weight excluding hydrogens is 347 g/mol. The minimum absolute atomic E-state index is 0.00721. The van der Waals surface area contributed by atoms with Crippen LogP contribution in [0, 0.1) is 0 Å². The van der Waals surface area contributed by atoms with Gasteiger partial charge in [-0.15, -0.1) is 0 Å². The third-order valence-corrected chi connectivity index (χ3v) is 4.26. The Balaban J connectivity index is 2.31. The fourth-order valence-electron chi connectivity index (χ4n) is 2.48. The monoisotopic (exact) mass is 363 g/mol. The minimum Gasteiger partial charge on any atom is -0.308 e. The Morgan fingerprint density at radius 1 is 1.24 bits per heavy atom. The van der Waals surface area contributed by atoms with Crippen molar-refractivity contribution in [3.63, 3.8) is 0 Å². The van der Waals surface area contributed by atoms with E-state index < -0.39 is 11.7 Å². The van der Waals surface area contributed by atoms with Crippen LogP contribution in [-0.4, -0.2) is 11.9 Å².